The molecular formula is C17H24N2O4. The van der Waals surface area contributed by atoms with Gasteiger partial charge in [0, 0.05) is 13.2 Å². The number of carbonyl (C=O) groups excluding carboxylic acids is 2. The summed E-state index contributed by atoms with van der Waals surface area (Å²) < 4.78 is 5.39. The minimum Gasteiger partial charge on any atom is -0.363 e. The Hall–Kier alpha value is -1.92. The van der Waals surface area contributed by atoms with Crippen molar-refractivity contribution < 1.29 is 19.2 Å². The highest BCUT2D eigenvalue weighted by Crippen LogP contribution is 2.24. The lowest BCUT2D eigenvalue weighted by molar-refractivity contribution is -0.219. The van der Waals surface area contributed by atoms with Crippen LogP contribution >= 0.6 is 0 Å². The molecule has 1 aliphatic heterocycles. The van der Waals surface area contributed by atoms with Crippen molar-refractivity contribution in [1.82, 2.24) is 10.4 Å². The molecule has 6 heteroatoms. The molecule has 1 N–H and O–H groups in total. The molecule has 126 valence electrons. The molecule has 1 aliphatic rings. The van der Waals surface area contributed by atoms with Crippen molar-refractivity contribution in [3.63, 3.8) is 0 Å². The number of nitrogens with one attached hydrogen (secondary N) is 1. The smallest absolute Gasteiger partial charge is 0.351 e. The zero-order valence-electron chi connectivity index (χ0n) is 14.0. The van der Waals surface area contributed by atoms with Crippen LogP contribution in [0.2, 0.25) is 0 Å². The standard InChI is InChI=1S/C17H24N2O4/c1-11(2)12(3)19-16(22-4)15(17(21)23-19)18-14(20)10-13-8-6-5-7-9-13/h5-9,11-12,15-16H,10H2,1-4H3,(H,18,20). The number of nitrogens with zero attached hydrogens (tertiary/aromatic N) is 1. The number of benzene rings is 1. The van der Waals surface area contributed by atoms with Crippen LogP contribution in [0.3, 0.4) is 0 Å². The normalized spacial score (nSPS) is 22.9. The molecule has 1 amide bonds. The highest BCUT2D eigenvalue weighted by Gasteiger charge is 2.47. The number of methoxy groups -OCH3 is 1. The number of hydroxylamine groups is 2. The highest BCUT2D eigenvalue weighted by molar-refractivity contribution is 5.86. The van der Waals surface area contributed by atoms with Crippen LogP contribution in [0.1, 0.15) is 26.3 Å². The third-order valence-electron chi connectivity index (χ3n) is 4.12. The van der Waals surface area contributed by atoms with Crippen molar-refractivity contribution in [2.24, 2.45) is 5.92 Å². The Bertz CT molecular complexity index is 547. The Morgan fingerprint density at radius 2 is 1.96 bits per heavy atom. The van der Waals surface area contributed by atoms with Crippen LogP contribution < -0.4 is 5.32 Å². The fourth-order valence-electron chi connectivity index (χ4n) is 2.46. The van der Waals surface area contributed by atoms with Gasteiger partial charge in [-0.3, -0.25) is 4.79 Å². The van der Waals surface area contributed by atoms with E-state index >= 15 is 0 Å². The van der Waals surface area contributed by atoms with Gasteiger partial charge in [0.25, 0.3) is 0 Å². The Balaban J connectivity index is 2.03. The summed E-state index contributed by atoms with van der Waals surface area (Å²) in [4.78, 5) is 29.6. The molecule has 1 aromatic carbocycles. The van der Waals surface area contributed by atoms with Gasteiger partial charge in [-0.15, -0.1) is 5.06 Å². The molecule has 3 atom stereocenters. The van der Waals surface area contributed by atoms with Gasteiger partial charge in [0.1, 0.15) is 0 Å². The van der Waals surface area contributed by atoms with E-state index in [-0.39, 0.29) is 24.3 Å². The molecule has 0 aliphatic carbocycles. The van der Waals surface area contributed by atoms with Crippen LogP contribution in [0, 0.1) is 5.92 Å². The van der Waals surface area contributed by atoms with Crippen molar-refractivity contribution in [3.05, 3.63) is 35.9 Å². The highest BCUT2D eigenvalue weighted by atomic mass is 16.8. The summed E-state index contributed by atoms with van der Waals surface area (Å²) in [6, 6.07) is 8.54. The number of hydrogen-bond donors (Lipinski definition) is 1. The summed E-state index contributed by atoms with van der Waals surface area (Å²) in [5.41, 5.74) is 0.887. The Labute approximate surface area is 136 Å². The van der Waals surface area contributed by atoms with E-state index in [0.29, 0.717) is 0 Å². The van der Waals surface area contributed by atoms with Crippen LogP contribution in [0.5, 0.6) is 0 Å². The summed E-state index contributed by atoms with van der Waals surface area (Å²) in [5, 5.41) is 4.25. The topological polar surface area (TPSA) is 67.9 Å². The molecule has 0 bridgehead atoms. The van der Waals surface area contributed by atoms with Crippen LogP contribution in [0.25, 0.3) is 0 Å². The summed E-state index contributed by atoms with van der Waals surface area (Å²) in [6.45, 7) is 6.03. The van der Waals surface area contributed by atoms with Gasteiger partial charge >= 0.3 is 5.97 Å². The molecule has 2 rings (SSSR count). The lowest BCUT2D eigenvalue weighted by Crippen LogP contribution is -2.50. The largest absolute Gasteiger partial charge is 0.363 e. The second kappa shape index (κ2) is 7.57. The lowest BCUT2D eigenvalue weighted by atomic mass is 10.1. The number of rotatable bonds is 6. The average molecular weight is 320 g/mol. The van der Waals surface area contributed by atoms with E-state index in [0.717, 1.165) is 5.56 Å². The predicted octanol–water partition coefficient (Wildman–Crippen LogP) is 1.50. The maximum Gasteiger partial charge on any atom is 0.351 e. The molecule has 1 fully saturated rings. The SMILES string of the molecule is COC1C(NC(=O)Cc2ccccc2)C(=O)ON1C(C)C(C)C. The van der Waals surface area contributed by atoms with Crippen LogP contribution in [0.4, 0.5) is 0 Å². The van der Waals surface area contributed by atoms with Crippen molar-refractivity contribution >= 4 is 11.9 Å². The molecule has 6 nitrogen and oxygen atoms in total. The fourth-order valence-corrected chi connectivity index (χ4v) is 2.46. The first kappa shape index (κ1) is 17.4. The first-order chi connectivity index (χ1) is 10.9. The van der Waals surface area contributed by atoms with Gasteiger partial charge in [0.2, 0.25) is 5.91 Å². The van der Waals surface area contributed by atoms with Crippen LogP contribution in [-0.4, -0.2) is 42.4 Å². The third-order valence-corrected chi connectivity index (χ3v) is 4.12. The molecule has 23 heavy (non-hydrogen) atoms. The first-order valence-corrected chi connectivity index (χ1v) is 7.80. The molecule has 1 aromatic rings. The van der Waals surface area contributed by atoms with Gasteiger partial charge in [-0.1, -0.05) is 44.2 Å². The minimum absolute atomic E-state index is 0.0140. The maximum absolute atomic E-state index is 12.2. The molecule has 1 heterocycles. The van der Waals surface area contributed by atoms with Crippen molar-refractivity contribution in [2.45, 2.75) is 45.5 Å². The molecule has 1 saturated heterocycles. The number of amides is 1. The molecule has 0 radical (unpaired) electrons. The molecule has 0 spiro atoms. The van der Waals surface area contributed by atoms with E-state index in [4.69, 9.17) is 9.57 Å². The zero-order valence-corrected chi connectivity index (χ0v) is 14.0. The van der Waals surface area contributed by atoms with E-state index in [2.05, 4.69) is 5.32 Å². The molecule has 0 aromatic heterocycles. The van der Waals surface area contributed by atoms with E-state index in [1.807, 2.05) is 51.1 Å². The van der Waals surface area contributed by atoms with E-state index in [1.54, 1.807) is 0 Å². The van der Waals surface area contributed by atoms with Gasteiger partial charge in [0.15, 0.2) is 12.3 Å². The van der Waals surface area contributed by atoms with Gasteiger partial charge in [0.05, 0.1) is 6.42 Å². The number of ether oxygens (including phenoxy) is 1. The predicted molar refractivity (Wildman–Crippen MR) is 85.1 cm³/mol. The number of hydrogen-bond acceptors (Lipinski definition) is 5. The summed E-state index contributed by atoms with van der Waals surface area (Å²) in [7, 11) is 1.50. The van der Waals surface area contributed by atoms with Crippen LogP contribution in [0.15, 0.2) is 30.3 Å². The monoisotopic (exact) mass is 320 g/mol. The lowest BCUT2D eigenvalue weighted by Gasteiger charge is -2.29. The Morgan fingerprint density at radius 1 is 1.30 bits per heavy atom. The first-order valence-electron chi connectivity index (χ1n) is 7.80. The second-order valence-corrected chi connectivity index (χ2v) is 6.09. The Kier molecular flexibility index (Phi) is 5.74. The summed E-state index contributed by atoms with van der Waals surface area (Å²) in [6.07, 6.45) is -0.416. The molecule has 3 unspecified atom stereocenters. The maximum atomic E-state index is 12.2. The van der Waals surface area contributed by atoms with Gasteiger partial charge in [-0.05, 0) is 18.4 Å². The third kappa shape index (κ3) is 4.09. The number of carbonyl (C=O) groups is 2. The zero-order chi connectivity index (χ0) is 17.0. The van der Waals surface area contributed by atoms with Gasteiger partial charge < -0.3 is 14.9 Å². The molecular weight excluding hydrogens is 296 g/mol. The summed E-state index contributed by atoms with van der Waals surface area (Å²) in [5.74, 6) is -0.454. The minimum atomic E-state index is -0.822. The van der Waals surface area contributed by atoms with E-state index in [1.165, 1.54) is 12.2 Å². The van der Waals surface area contributed by atoms with Crippen LogP contribution in [-0.2, 0) is 25.6 Å². The van der Waals surface area contributed by atoms with Gasteiger partial charge in [-0.25, -0.2) is 4.79 Å². The second-order valence-electron chi connectivity index (χ2n) is 6.09. The van der Waals surface area contributed by atoms with E-state index in [9.17, 15) is 9.59 Å². The van der Waals surface area contributed by atoms with Gasteiger partial charge in [-0.2, -0.15) is 0 Å². The molecule has 0 saturated carbocycles. The quantitative estimate of drug-likeness (QED) is 0.860. The van der Waals surface area contributed by atoms with Crippen molar-refractivity contribution in [1.29, 1.82) is 0 Å². The van der Waals surface area contributed by atoms with E-state index < -0.39 is 18.2 Å². The summed E-state index contributed by atoms with van der Waals surface area (Å²) >= 11 is 0. The average Bonchev–Trinajstić information content (AvgIpc) is 2.83. The van der Waals surface area contributed by atoms with Crippen molar-refractivity contribution in [3.8, 4) is 0 Å². The van der Waals surface area contributed by atoms with Crippen molar-refractivity contribution in [2.75, 3.05) is 7.11 Å². The Morgan fingerprint density at radius 3 is 2.52 bits per heavy atom. The fraction of sp³-hybridized carbons (Fsp3) is 0.529.